The largest absolute Gasteiger partial charge is 0.507 e. The number of hydrogen-bond acceptors (Lipinski definition) is 8. The van der Waals surface area contributed by atoms with Crippen LogP contribution < -0.4 is 14.9 Å². The number of fused-ring (bicyclic) bond motifs is 1. The van der Waals surface area contributed by atoms with Gasteiger partial charge in [0.25, 0.3) is 0 Å². The molecule has 1 heterocycles. The quantitative estimate of drug-likeness (QED) is 0.432. The monoisotopic (exact) mass is 471 g/mol. The van der Waals surface area contributed by atoms with Gasteiger partial charge in [0.05, 0.1) is 13.2 Å². The zero-order valence-electron chi connectivity index (χ0n) is 20.5. The molecule has 8 heteroatoms. The zero-order chi connectivity index (χ0) is 25.2. The third kappa shape index (κ3) is 5.13. The normalized spacial score (nSPS) is 13.4. The lowest BCUT2D eigenvalue weighted by Crippen LogP contribution is -2.31. The van der Waals surface area contributed by atoms with Gasteiger partial charge in [0.1, 0.15) is 34.8 Å². The predicted molar refractivity (Wildman–Crippen MR) is 131 cm³/mol. The Morgan fingerprint density at radius 1 is 1.06 bits per heavy atom. The van der Waals surface area contributed by atoms with E-state index in [-0.39, 0.29) is 58.8 Å². The second-order valence-corrected chi connectivity index (χ2v) is 9.05. The molecule has 8 nitrogen and oxygen atoms in total. The highest BCUT2D eigenvalue weighted by Crippen LogP contribution is 2.39. The van der Waals surface area contributed by atoms with E-state index >= 15 is 0 Å². The summed E-state index contributed by atoms with van der Waals surface area (Å²) in [6.45, 7) is 5.86. The van der Waals surface area contributed by atoms with Crippen molar-refractivity contribution in [3.63, 3.8) is 0 Å². The standard InChI is InChI=1S/C26H33NO7/c1-14(2)19(28)11-18-20(29)12-21(30)22-23(31)26(33-13-15(3)27(4)5)24(34-25(18)22)16-7-9-17(32-6)10-8-16/h7-10,12,14-15,19,28-30H,11,13H2,1-6H3. The molecule has 3 aromatic rings. The van der Waals surface area contributed by atoms with E-state index in [1.54, 1.807) is 31.4 Å². The number of methoxy groups -OCH3 is 1. The van der Waals surface area contributed by atoms with Crippen molar-refractivity contribution in [3.05, 3.63) is 46.1 Å². The van der Waals surface area contributed by atoms with Crippen LogP contribution in [0.2, 0.25) is 0 Å². The molecule has 2 aromatic carbocycles. The molecule has 0 saturated carbocycles. The van der Waals surface area contributed by atoms with Crippen molar-refractivity contribution in [2.45, 2.75) is 39.3 Å². The van der Waals surface area contributed by atoms with E-state index in [0.29, 0.717) is 11.3 Å². The van der Waals surface area contributed by atoms with Crippen molar-refractivity contribution in [3.8, 4) is 34.3 Å². The molecule has 0 spiro atoms. The van der Waals surface area contributed by atoms with Gasteiger partial charge in [-0.15, -0.1) is 0 Å². The third-order valence-corrected chi connectivity index (χ3v) is 6.07. The number of benzene rings is 2. The molecule has 1 aromatic heterocycles. The van der Waals surface area contributed by atoms with E-state index in [4.69, 9.17) is 13.9 Å². The Balaban J connectivity index is 2.29. The molecular weight excluding hydrogens is 438 g/mol. The van der Waals surface area contributed by atoms with Gasteiger partial charge in [0.15, 0.2) is 5.76 Å². The van der Waals surface area contributed by atoms with Gasteiger partial charge >= 0.3 is 0 Å². The molecule has 0 bridgehead atoms. The van der Waals surface area contributed by atoms with Crippen molar-refractivity contribution >= 4 is 11.0 Å². The topological polar surface area (TPSA) is 113 Å². The number of hydrogen-bond donors (Lipinski definition) is 3. The number of phenolic OH excluding ortho intramolecular Hbond substituents is 2. The number of aliphatic hydroxyl groups is 1. The first kappa shape index (κ1) is 25.4. The van der Waals surface area contributed by atoms with Crippen LogP contribution in [0.1, 0.15) is 26.3 Å². The number of likely N-dealkylation sites (N-methyl/N-ethyl adjacent to an activating group) is 1. The van der Waals surface area contributed by atoms with E-state index in [0.717, 1.165) is 6.07 Å². The minimum Gasteiger partial charge on any atom is -0.507 e. The first-order valence-electron chi connectivity index (χ1n) is 11.2. The predicted octanol–water partition coefficient (Wildman–Crippen LogP) is 3.77. The molecule has 0 aliphatic rings. The van der Waals surface area contributed by atoms with Crippen molar-refractivity contribution in [1.82, 2.24) is 4.90 Å². The van der Waals surface area contributed by atoms with Gasteiger partial charge in [-0.3, -0.25) is 4.79 Å². The molecule has 0 saturated heterocycles. The Hall–Kier alpha value is -3.23. The third-order valence-electron chi connectivity index (χ3n) is 6.07. The summed E-state index contributed by atoms with van der Waals surface area (Å²) in [7, 11) is 5.37. The number of rotatable bonds is 9. The van der Waals surface area contributed by atoms with E-state index in [9.17, 15) is 20.1 Å². The number of phenols is 2. The van der Waals surface area contributed by atoms with Gasteiger partial charge in [0, 0.05) is 29.7 Å². The Bertz CT molecular complexity index is 1200. The number of ether oxygens (including phenoxy) is 2. The summed E-state index contributed by atoms with van der Waals surface area (Å²) < 4.78 is 17.4. The van der Waals surface area contributed by atoms with Gasteiger partial charge in [-0.1, -0.05) is 13.8 Å². The highest BCUT2D eigenvalue weighted by atomic mass is 16.5. The summed E-state index contributed by atoms with van der Waals surface area (Å²) in [5, 5.41) is 31.5. The molecule has 34 heavy (non-hydrogen) atoms. The lowest BCUT2D eigenvalue weighted by Gasteiger charge is -2.21. The summed E-state index contributed by atoms with van der Waals surface area (Å²) in [5.41, 5.74) is 0.261. The average Bonchev–Trinajstić information content (AvgIpc) is 2.79. The van der Waals surface area contributed by atoms with Gasteiger partial charge < -0.3 is 34.1 Å². The highest BCUT2D eigenvalue weighted by molar-refractivity contribution is 5.91. The number of nitrogens with zero attached hydrogens (tertiary/aromatic N) is 1. The van der Waals surface area contributed by atoms with Crippen LogP contribution in [0, 0.1) is 5.92 Å². The fourth-order valence-electron chi connectivity index (χ4n) is 3.43. The summed E-state index contributed by atoms with van der Waals surface area (Å²) >= 11 is 0. The van der Waals surface area contributed by atoms with Crippen LogP contribution in [-0.2, 0) is 6.42 Å². The molecular formula is C26H33NO7. The Kier molecular flexibility index (Phi) is 7.74. The van der Waals surface area contributed by atoms with Crippen molar-refractivity contribution < 1.29 is 29.2 Å². The lowest BCUT2D eigenvalue weighted by atomic mass is 9.96. The summed E-state index contributed by atoms with van der Waals surface area (Å²) in [6.07, 6.45) is -0.742. The first-order chi connectivity index (χ1) is 16.0. The second-order valence-electron chi connectivity index (χ2n) is 9.05. The molecule has 0 radical (unpaired) electrons. The first-order valence-corrected chi connectivity index (χ1v) is 11.2. The lowest BCUT2D eigenvalue weighted by molar-refractivity contribution is 0.125. The summed E-state index contributed by atoms with van der Waals surface area (Å²) in [5.74, 6) is -0.0175. The molecule has 0 aliphatic heterocycles. The SMILES string of the molecule is COc1ccc(-c2oc3c(CC(O)C(C)C)c(O)cc(O)c3c(=O)c2OCC(C)N(C)C)cc1. The van der Waals surface area contributed by atoms with Gasteiger partial charge in [-0.2, -0.15) is 0 Å². The molecule has 3 rings (SSSR count). The maximum Gasteiger partial charge on any atom is 0.239 e. The van der Waals surface area contributed by atoms with E-state index < -0.39 is 17.3 Å². The molecule has 184 valence electrons. The van der Waals surface area contributed by atoms with Gasteiger partial charge in [-0.25, -0.2) is 0 Å². The Labute approximate surface area is 199 Å². The van der Waals surface area contributed by atoms with E-state index in [1.807, 2.05) is 39.8 Å². The average molecular weight is 472 g/mol. The molecule has 2 unspecified atom stereocenters. The Morgan fingerprint density at radius 2 is 1.71 bits per heavy atom. The smallest absolute Gasteiger partial charge is 0.239 e. The number of aromatic hydroxyl groups is 2. The van der Waals surface area contributed by atoms with E-state index in [2.05, 4.69) is 0 Å². The van der Waals surface area contributed by atoms with Crippen molar-refractivity contribution in [2.24, 2.45) is 5.92 Å². The fraction of sp³-hybridized carbons (Fsp3) is 0.423. The zero-order valence-corrected chi connectivity index (χ0v) is 20.5. The summed E-state index contributed by atoms with van der Waals surface area (Å²) in [6, 6.07) is 8.03. The van der Waals surface area contributed by atoms with Crippen LogP contribution in [0.3, 0.4) is 0 Å². The van der Waals surface area contributed by atoms with Gasteiger partial charge in [-0.05, 0) is 51.2 Å². The van der Waals surface area contributed by atoms with Crippen LogP contribution in [0.25, 0.3) is 22.3 Å². The van der Waals surface area contributed by atoms with Crippen LogP contribution in [0.15, 0.2) is 39.5 Å². The van der Waals surface area contributed by atoms with Crippen molar-refractivity contribution in [1.29, 1.82) is 0 Å². The highest BCUT2D eigenvalue weighted by Gasteiger charge is 2.26. The molecule has 3 N–H and O–H groups in total. The van der Waals surface area contributed by atoms with Crippen LogP contribution in [0.4, 0.5) is 0 Å². The van der Waals surface area contributed by atoms with Crippen LogP contribution >= 0.6 is 0 Å². The minimum atomic E-state index is -0.787. The van der Waals surface area contributed by atoms with Crippen LogP contribution in [0.5, 0.6) is 23.0 Å². The molecule has 0 amide bonds. The van der Waals surface area contributed by atoms with E-state index in [1.165, 1.54) is 0 Å². The maximum absolute atomic E-state index is 13.6. The fourth-order valence-corrected chi connectivity index (χ4v) is 3.43. The maximum atomic E-state index is 13.6. The number of aliphatic hydroxyl groups excluding tert-OH is 1. The molecule has 0 fully saturated rings. The summed E-state index contributed by atoms with van der Waals surface area (Å²) in [4.78, 5) is 15.6. The van der Waals surface area contributed by atoms with Gasteiger partial charge in [0.2, 0.25) is 11.2 Å². The second kappa shape index (κ2) is 10.4. The van der Waals surface area contributed by atoms with Crippen LogP contribution in [-0.4, -0.2) is 60.2 Å². The van der Waals surface area contributed by atoms with Crippen molar-refractivity contribution in [2.75, 3.05) is 27.8 Å². The Morgan fingerprint density at radius 3 is 2.26 bits per heavy atom. The molecule has 0 aliphatic carbocycles. The minimum absolute atomic E-state index is 0.00368. The molecule has 2 atom stereocenters.